The maximum Gasteiger partial charge on any atom is 0.277 e. The fourth-order valence-corrected chi connectivity index (χ4v) is 3.45. The number of hydrogen-bond donors (Lipinski definition) is 1. The molecule has 1 amide bonds. The fraction of sp³-hybridized carbons (Fsp3) is 0.444. The lowest BCUT2D eigenvalue weighted by atomic mass is 9.95. The molecule has 0 unspecified atom stereocenters. The zero-order valence-corrected chi connectivity index (χ0v) is 15.0. The Hall–Kier alpha value is -2.15. The number of rotatable bonds is 6. The van der Waals surface area contributed by atoms with Gasteiger partial charge < -0.3 is 9.73 Å². The van der Waals surface area contributed by atoms with E-state index in [0.29, 0.717) is 22.7 Å². The Kier molecular flexibility index (Phi) is 5.86. The highest BCUT2D eigenvalue weighted by atomic mass is 32.2. The molecule has 2 aromatic rings. The summed E-state index contributed by atoms with van der Waals surface area (Å²) >= 11 is 1.23. The van der Waals surface area contributed by atoms with Gasteiger partial charge in [0.15, 0.2) is 5.78 Å². The van der Waals surface area contributed by atoms with Crippen LogP contribution in [0.15, 0.2) is 33.9 Å². The maximum absolute atomic E-state index is 12.0. The summed E-state index contributed by atoms with van der Waals surface area (Å²) in [5.41, 5.74) is 1.38. The molecule has 1 aromatic carbocycles. The number of Topliss-reactive ketones (excluding diaryl/α,β-unsaturated/α-hetero) is 1. The van der Waals surface area contributed by atoms with Crippen molar-refractivity contribution < 1.29 is 14.0 Å². The van der Waals surface area contributed by atoms with Crippen LogP contribution in [0.5, 0.6) is 0 Å². The van der Waals surface area contributed by atoms with E-state index in [0.717, 1.165) is 18.4 Å². The van der Waals surface area contributed by atoms with Crippen LogP contribution in [0.3, 0.4) is 0 Å². The number of aromatic nitrogens is 2. The van der Waals surface area contributed by atoms with E-state index in [-0.39, 0.29) is 17.4 Å². The smallest absolute Gasteiger partial charge is 0.277 e. The lowest BCUT2D eigenvalue weighted by Crippen LogP contribution is -2.37. The van der Waals surface area contributed by atoms with Gasteiger partial charge in [0.25, 0.3) is 5.22 Å². The van der Waals surface area contributed by atoms with Crippen molar-refractivity contribution in [1.82, 2.24) is 15.5 Å². The number of ketones is 1. The highest BCUT2D eigenvalue weighted by Crippen LogP contribution is 2.24. The van der Waals surface area contributed by atoms with Crippen molar-refractivity contribution in [2.24, 2.45) is 0 Å². The molecule has 3 rings (SSSR count). The molecule has 0 atom stereocenters. The Morgan fingerprint density at radius 2 is 1.88 bits per heavy atom. The summed E-state index contributed by atoms with van der Waals surface area (Å²) in [6.45, 7) is 1.52. The molecule has 6 nitrogen and oxygen atoms in total. The van der Waals surface area contributed by atoms with Crippen molar-refractivity contribution in [1.29, 1.82) is 0 Å². The van der Waals surface area contributed by atoms with Crippen LogP contribution in [0.25, 0.3) is 11.5 Å². The molecule has 1 fully saturated rings. The molecule has 0 spiro atoms. The summed E-state index contributed by atoms with van der Waals surface area (Å²) in [6, 6.07) is 7.31. The first-order valence-electron chi connectivity index (χ1n) is 8.49. The topological polar surface area (TPSA) is 85.1 Å². The van der Waals surface area contributed by atoms with Crippen LogP contribution in [-0.2, 0) is 4.79 Å². The minimum Gasteiger partial charge on any atom is -0.411 e. The minimum atomic E-state index is 0.00228. The average molecular weight is 359 g/mol. The summed E-state index contributed by atoms with van der Waals surface area (Å²) in [7, 11) is 0. The summed E-state index contributed by atoms with van der Waals surface area (Å²) < 4.78 is 5.59. The largest absolute Gasteiger partial charge is 0.411 e. The molecule has 25 heavy (non-hydrogen) atoms. The number of hydrogen-bond acceptors (Lipinski definition) is 6. The summed E-state index contributed by atoms with van der Waals surface area (Å²) in [5.74, 6) is 0.659. The van der Waals surface area contributed by atoms with Gasteiger partial charge in [0, 0.05) is 17.2 Å². The third kappa shape index (κ3) is 4.92. The van der Waals surface area contributed by atoms with Crippen LogP contribution in [0.2, 0.25) is 0 Å². The molecule has 0 bridgehead atoms. The second-order valence-electron chi connectivity index (χ2n) is 6.20. The van der Waals surface area contributed by atoms with Gasteiger partial charge in [-0.2, -0.15) is 0 Å². The van der Waals surface area contributed by atoms with Crippen LogP contribution in [-0.4, -0.2) is 33.7 Å². The Bertz CT molecular complexity index is 736. The lowest BCUT2D eigenvalue weighted by molar-refractivity contribution is -0.119. The second kappa shape index (κ2) is 8.29. The number of thioether (sulfide) groups is 1. The molecule has 1 heterocycles. The Morgan fingerprint density at radius 1 is 1.16 bits per heavy atom. The monoisotopic (exact) mass is 359 g/mol. The predicted molar refractivity (Wildman–Crippen MR) is 95.5 cm³/mol. The summed E-state index contributed by atoms with van der Waals surface area (Å²) in [4.78, 5) is 23.3. The van der Waals surface area contributed by atoms with Crippen LogP contribution < -0.4 is 5.32 Å². The summed E-state index contributed by atoms with van der Waals surface area (Å²) in [6.07, 6.45) is 5.77. The molecule has 7 heteroatoms. The molecular weight excluding hydrogens is 338 g/mol. The number of amides is 1. The van der Waals surface area contributed by atoms with Crippen molar-refractivity contribution in [3.8, 4) is 11.5 Å². The van der Waals surface area contributed by atoms with Crippen LogP contribution in [0.4, 0.5) is 0 Å². The van der Waals surface area contributed by atoms with Gasteiger partial charge in [0.05, 0.1) is 5.75 Å². The molecule has 0 aliphatic heterocycles. The van der Waals surface area contributed by atoms with E-state index in [9.17, 15) is 9.59 Å². The van der Waals surface area contributed by atoms with Gasteiger partial charge in [0.1, 0.15) is 0 Å². The van der Waals surface area contributed by atoms with E-state index < -0.39 is 0 Å². The molecule has 132 valence electrons. The normalized spacial score (nSPS) is 15.1. The third-order valence-corrected chi connectivity index (χ3v) is 5.06. The van der Waals surface area contributed by atoms with E-state index >= 15 is 0 Å². The highest BCUT2D eigenvalue weighted by molar-refractivity contribution is 7.99. The van der Waals surface area contributed by atoms with Crippen LogP contribution in [0, 0.1) is 0 Å². The van der Waals surface area contributed by atoms with Crippen molar-refractivity contribution in [3.63, 3.8) is 0 Å². The SMILES string of the molecule is CC(=O)c1ccc(-c2nnc(SCC(=O)NC3CCCCC3)o2)cc1. The molecular formula is C18H21N3O3S. The Labute approximate surface area is 150 Å². The van der Waals surface area contributed by atoms with Gasteiger partial charge in [0.2, 0.25) is 11.8 Å². The number of benzene rings is 1. The van der Waals surface area contributed by atoms with E-state index in [1.54, 1.807) is 24.3 Å². The van der Waals surface area contributed by atoms with E-state index in [1.807, 2.05) is 0 Å². The molecule has 1 aromatic heterocycles. The fourth-order valence-electron chi connectivity index (χ4n) is 2.88. The molecule has 1 N–H and O–H groups in total. The zero-order chi connectivity index (χ0) is 17.6. The van der Waals surface area contributed by atoms with E-state index in [1.165, 1.54) is 37.9 Å². The Balaban J connectivity index is 1.52. The summed E-state index contributed by atoms with van der Waals surface area (Å²) in [5, 5.41) is 11.4. The highest BCUT2D eigenvalue weighted by Gasteiger charge is 2.17. The van der Waals surface area contributed by atoms with Crippen molar-refractivity contribution in [2.75, 3.05) is 5.75 Å². The number of nitrogens with zero attached hydrogens (tertiary/aromatic N) is 2. The zero-order valence-electron chi connectivity index (χ0n) is 14.2. The van der Waals surface area contributed by atoms with Crippen molar-refractivity contribution in [2.45, 2.75) is 50.3 Å². The van der Waals surface area contributed by atoms with Gasteiger partial charge >= 0.3 is 0 Å². The quantitative estimate of drug-likeness (QED) is 0.628. The van der Waals surface area contributed by atoms with Crippen molar-refractivity contribution in [3.05, 3.63) is 29.8 Å². The predicted octanol–water partition coefficient (Wildman–Crippen LogP) is 3.48. The third-order valence-electron chi connectivity index (χ3n) is 4.24. The molecule has 1 aliphatic carbocycles. The first-order valence-corrected chi connectivity index (χ1v) is 9.47. The molecule has 1 aliphatic rings. The van der Waals surface area contributed by atoms with Gasteiger partial charge in [-0.3, -0.25) is 9.59 Å². The first kappa shape index (κ1) is 17.7. The van der Waals surface area contributed by atoms with Crippen LogP contribution >= 0.6 is 11.8 Å². The van der Waals surface area contributed by atoms with E-state index in [4.69, 9.17) is 4.42 Å². The van der Waals surface area contributed by atoms with Crippen molar-refractivity contribution >= 4 is 23.5 Å². The first-order chi connectivity index (χ1) is 12.1. The second-order valence-corrected chi connectivity index (χ2v) is 7.12. The van der Waals surface area contributed by atoms with Gasteiger partial charge in [-0.25, -0.2) is 0 Å². The molecule has 0 radical (unpaired) electrons. The van der Waals surface area contributed by atoms with E-state index in [2.05, 4.69) is 15.5 Å². The molecule has 1 saturated carbocycles. The maximum atomic E-state index is 12.0. The Morgan fingerprint density at radius 3 is 2.56 bits per heavy atom. The number of nitrogens with one attached hydrogen (secondary N) is 1. The standard InChI is InChI=1S/C18H21N3O3S/c1-12(22)13-7-9-14(10-8-13)17-20-21-18(24-17)25-11-16(23)19-15-5-3-2-4-6-15/h7-10,15H,2-6,11H2,1H3,(H,19,23). The molecule has 0 saturated heterocycles. The van der Waals surface area contributed by atoms with Crippen LogP contribution in [0.1, 0.15) is 49.4 Å². The van der Waals surface area contributed by atoms with Gasteiger partial charge in [-0.05, 0) is 31.9 Å². The lowest BCUT2D eigenvalue weighted by Gasteiger charge is -2.22. The minimum absolute atomic E-state index is 0.00228. The average Bonchev–Trinajstić information content (AvgIpc) is 3.10. The number of carbonyl (C=O) groups is 2. The van der Waals surface area contributed by atoms with Gasteiger partial charge in [-0.1, -0.05) is 43.2 Å². The van der Waals surface area contributed by atoms with Gasteiger partial charge in [-0.15, -0.1) is 10.2 Å². The number of carbonyl (C=O) groups excluding carboxylic acids is 2.